The first-order valence-electron chi connectivity index (χ1n) is 10.8. The van der Waals surface area contributed by atoms with Crippen LogP contribution in [0.1, 0.15) is 57.3 Å². The fraction of sp³-hybridized carbons (Fsp3) is 0.652. The molecular formula is C23H29F3I3NO5. The van der Waals surface area contributed by atoms with E-state index in [1.165, 1.54) is 0 Å². The molecule has 0 bridgehead atoms. The Hall–Kier alpha value is 0.0600. The van der Waals surface area contributed by atoms with E-state index in [1.54, 1.807) is 6.07 Å². The van der Waals surface area contributed by atoms with Crippen LogP contribution >= 0.6 is 67.8 Å². The molecular weight excluding hydrogens is 808 g/mol. The number of nitrogens with zero attached hydrogens (tertiary/aromatic N) is 1. The molecule has 0 spiro atoms. The molecule has 1 aliphatic heterocycles. The van der Waals surface area contributed by atoms with Gasteiger partial charge in [-0.1, -0.05) is 0 Å². The van der Waals surface area contributed by atoms with E-state index in [0.717, 1.165) is 7.14 Å². The van der Waals surface area contributed by atoms with Gasteiger partial charge in [-0.05, 0) is 127 Å². The molecule has 1 aromatic rings. The number of halogens is 6. The Labute approximate surface area is 244 Å². The molecule has 1 aliphatic rings. The third kappa shape index (κ3) is 9.39. The molecule has 12 heteroatoms. The van der Waals surface area contributed by atoms with E-state index in [0.29, 0.717) is 22.0 Å². The molecule has 1 atom stereocenters. The quantitative estimate of drug-likeness (QED) is 0.177. The van der Waals surface area contributed by atoms with Gasteiger partial charge in [0, 0.05) is 21.8 Å². The number of carbonyl (C=O) groups excluding carboxylic acids is 2. The summed E-state index contributed by atoms with van der Waals surface area (Å²) in [6.45, 7) is 7.78. The molecule has 1 saturated heterocycles. The van der Waals surface area contributed by atoms with E-state index in [2.05, 4.69) is 77.8 Å². The third-order valence-corrected chi connectivity index (χ3v) is 9.71. The number of likely N-dealkylation sites (tertiary alicyclic amines) is 1. The van der Waals surface area contributed by atoms with E-state index in [-0.39, 0.29) is 23.8 Å². The van der Waals surface area contributed by atoms with Crippen molar-refractivity contribution in [3.8, 4) is 0 Å². The van der Waals surface area contributed by atoms with Gasteiger partial charge in [0.2, 0.25) is 0 Å². The summed E-state index contributed by atoms with van der Waals surface area (Å²) in [5.74, 6) is -2.09. The molecule has 198 valence electrons. The van der Waals surface area contributed by atoms with Crippen LogP contribution in [0, 0.1) is 10.7 Å². The van der Waals surface area contributed by atoms with Crippen LogP contribution in [0.25, 0.3) is 0 Å². The predicted molar refractivity (Wildman–Crippen MR) is 150 cm³/mol. The van der Waals surface area contributed by atoms with Gasteiger partial charge in [0.25, 0.3) is 0 Å². The van der Waals surface area contributed by atoms with Crippen LogP contribution in [-0.2, 0) is 19.0 Å². The van der Waals surface area contributed by atoms with Crippen LogP contribution in [0.15, 0.2) is 12.1 Å². The van der Waals surface area contributed by atoms with Gasteiger partial charge in [-0.2, -0.15) is 13.2 Å². The molecule has 1 heterocycles. The van der Waals surface area contributed by atoms with Crippen molar-refractivity contribution >= 4 is 79.7 Å². The van der Waals surface area contributed by atoms with E-state index >= 15 is 0 Å². The van der Waals surface area contributed by atoms with Crippen molar-refractivity contribution in [1.29, 1.82) is 0 Å². The van der Waals surface area contributed by atoms with Gasteiger partial charge in [0.15, 0.2) is 6.10 Å². The second-order valence-electron chi connectivity index (χ2n) is 9.80. The van der Waals surface area contributed by atoms with Crippen LogP contribution in [0.3, 0.4) is 0 Å². The minimum absolute atomic E-state index is 0.167. The van der Waals surface area contributed by atoms with E-state index < -0.39 is 37.2 Å². The Morgan fingerprint density at radius 1 is 1.09 bits per heavy atom. The zero-order valence-corrected chi connectivity index (χ0v) is 26.6. The van der Waals surface area contributed by atoms with Crippen LogP contribution in [-0.4, -0.2) is 66.6 Å². The molecule has 1 fully saturated rings. The van der Waals surface area contributed by atoms with Crippen molar-refractivity contribution in [2.24, 2.45) is 0 Å². The number of hydrogen-bond donors (Lipinski definition) is 0. The first kappa shape index (κ1) is 31.3. The SMILES string of the molecule is CN1C(C)(C)CC(OCC(COC(=O)c2cc(I)cc(I)c2I)OC(=O)CC(F)(F)F)CC1(C)C. The van der Waals surface area contributed by atoms with Crippen molar-refractivity contribution in [1.82, 2.24) is 4.90 Å². The highest BCUT2D eigenvalue weighted by Crippen LogP contribution is 2.38. The lowest BCUT2D eigenvalue weighted by molar-refractivity contribution is -0.182. The summed E-state index contributed by atoms with van der Waals surface area (Å²) in [4.78, 5) is 26.9. The number of rotatable bonds is 8. The van der Waals surface area contributed by atoms with Gasteiger partial charge in [0.05, 0.1) is 18.3 Å². The summed E-state index contributed by atoms with van der Waals surface area (Å²) >= 11 is 6.22. The monoisotopic (exact) mass is 837 g/mol. The van der Waals surface area contributed by atoms with Gasteiger partial charge in [-0.3, -0.25) is 9.69 Å². The van der Waals surface area contributed by atoms with Crippen molar-refractivity contribution in [2.75, 3.05) is 20.3 Å². The van der Waals surface area contributed by atoms with E-state index in [9.17, 15) is 22.8 Å². The van der Waals surface area contributed by atoms with Gasteiger partial charge in [0.1, 0.15) is 13.0 Å². The molecule has 0 amide bonds. The first-order chi connectivity index (χ1) is 15.9. The fourth-order valence-corrected chi connectivity index (χ4v) is 6.48. The molecule has 35 heavy (non-hydrogen) atoms. The van der Waals surface area contributed by atoms with Gasteiger partial charge in [-0.25, -0.2) is 4.79 Å². The largest absolute Gasteiger partial charge is 0.458 e. The second-order valence-corrected chi connectivity index (χ2v) is 13.3. The summed E-state index contributed by atoms with van der Waals surface area (Å²) in [5.41, 5.74) is 0.00111. The number of benzene rings is 1. The lowest BCUT2D eigenvalue weighted by Crippen LogP contribution is -2.60. The highest BCUT2D eigenvalue weighted by atomic mass is 127. The normalized spacial score (nSPS) is 19.3. The summed E-state index contributed by atoms with van der Waals surface area (Å²) in [5, 5.41) is 0. The lowest BCUT2D eigenvalue weighted by Gasteiger charge is -2.53. The number of esters is 2. The predicted octanol–water partition coefficient (Wildman–Crippen LogP) is 6.19. The van der Waals surface area contributed by atoms with Crippen molar-refractivity contribution in [3.05, 3.63) is 28.4 Å². The summed E-state index contributed by atoms with van der Waals surface area (Å²) < 4.78 is 56.8. The topological polar surface area (TPSA) is 65.1 Å². The fourth-order valence-electron chi connectivity index (χ4n) is 4.10. The molecule has 0 aliphatic carbocycles. The highest BCUT2D eigenvalue weighted by Gasteiger charge is 2.43. The summed E-state index contributed by atoms with van der Waals surface area (Å²) in [6, 6.07) is 3.57. The Morgan fingerprint density at radius 3 is 2.20 bits per heavy atom. The number of piperidine rings is 1. The van der Waals surface area contributed by atoms with Crippen molar-refractivity contribution in [2.45, 2.75) is 76.4 Å². The molecule has 0 saturated carbocycles. The number of hydrogen-bond acceptors (Lipinski definition) is 6. The van der Waals surface area contributed by atoms with E-state index in [1.807, 2.05) is 35.7 Å². The number of alkyl halides is 3. The summed E-state index contributed by atoms with van der Waals surface area (Å²) in [6.07, 6.45) is -6.41. The van der Waals surface area contributed by atoms with Crippen molar-refractivity contribution in [3.63, 3.8) is 0 Å². The maximum atomic E-state index is 12.7. The zero-order chi connectivity index (χ0) is 26.8. The maximum Gasteiger partial charge on any atom is 0.399 e. The molecule has 1 aromatic carbocycles. The summed E-state index contributed by atoms with van der Waals surface area (Å²) in [7, 11) is 2.05. The van der Waals surface area contributed by atoms with E-state index in [4.69, 9.17) is 14.2 Å². The van der Waals surface area contributed by atoms with Crippen LogP contribution in [0.2, 0.25) is 0 Å². The molecule has 1 unspecified atom stereocenters. The minimum Gasteiger partial charge on any atom is -0.458 e. The van der Waals surface area contributed by atoms with Crippen LogP contribution in [0.5, 0.6) is 0 Å². The first-order valence-corrected chi connectivity index (χ1v) is 14.1. The maximum absolute atomic E-state index is 12.7. The average molecular weight is 837 g/mol. The van der Waals surface area contributed by atoms with Crippen LogP contribution in [0.4, 0.5) is 13.2 Å². The second kappa shape index (κ2) is 12.3. The molecule has 0 aromatic heterocycles. The number of carbonyl (C=O) groups is 2. The number of ether oxygens (including phenoxy) is 3. The minimum atomic E-state index is -4.70. The van der Waals surface area contributed by atoms with Crippen molar-refractivity contribution < 1.29 is 37.0 Å². The Kier molecular flexibility index (Phi) is 11.0. The highest BCUT2D eigenvalue weighted by molar-refractivity contribution is 14.1. The van der Waals surface area contributed by atoms with Crippen LogP contribution < -0.4 is 0 Å². The molecule has 0 radical (unpaired) electrons. The lowest BCUT2D eigenvalue weighted by atomic mass is 9.79. The van der Waals surface area contributed by atoms with Gasteiger partial charge in [-0.15, -0.1) is 0 Å². The Balaban J connectivity index is 2.10. The molecule has 0 N–H and O–H groups in total. The van der Waals surface area contributed by atoms with Gasteiger partial charge < -0.3 is 14.2 Å². The Morgan fingerprint density at radius 2 is 1.66 bits per heavy atom. The average Bonchev–Trinajstić information content (AvgIpc) is 2.68. The molecule has 6 nitrogen and oxygen atoms in total. The third-order valence-electron chi connectivity index (χ3n) is 6.04. The Bertz CT molecular complexity index is 922. The zero-order valence-electron chi connectivity index (χ0n) is 20.1. The van der Waals surface area contributed by atoms with Gasteiger partial charge >= 0.3 is 18.1 Å². The molecule has 2 rings (SSSR count). The smallest absolute Gasteiger partial charge is 0.399 e. The standard InChI is InChI=1S/C23H29F3I3NO5/c1-21(2)8-14(9-22(3,4)30(21)5)33-11-15(35-18(31)10-23(24,25)26)12-34-20(32)16-6-13(27)7-17(28)19(16)29/h6-7,14-15H,8-12H2,1-5H3.